The number of nitrogens with zero attached hydrogens (tertiary/aromatic N) is 1. The Morgan fingerprint density at radius 3 is 2.36 bits per heavy atom. The van der Waals surface area contributed by atoms with E-state index in [0.29, 0.717) is 13.1 Å². The summed E-state index contributed by atoms with van der Waals surface area (Å²) in [4.78, 5) is 10.7. The van der Waals surface area contributed by atoms with Crippen LogP contribution in [-0.4, -0.2) is 38.3 Å². The molecule has 0 aromatic rings. The zero-order valence-corrected chi connectivity index (χ0v) is 8.62. The second-order valence-corrected chi connectivity index (χ2v) is 4.62. The zero-order chi connectivity index (χ0) is 10.6. The zero-order valence-electron chi connectivity index (χ0n) is 7.81. The lowest BCUT2D eigenvalue weighted by atomic mass is 10.2. The Morgan fingerprint density at radius 1 is 1.29 bits per heavy atom. The van der Waals surface area contributed by atoms with Crippen molar-refractivity contribution in [3.63, 3.8) is 0 Å². The van der Waals surface area contributed by atoms with Crippen LogP contribution in [0.2, 0.25) is 0 Å². The van der Waals surface area contributed by atoms with Crippen LogP contribution in [0.4, 0.5) is 0 Å². The maximum Gasteiger partial charge on any atom is 0.387 e. The first kappa shape index (κ1) is 11.4. The number of hydrogen-bond acceptors (Lipinski definition) is 5. The average Bonchev–Trinajstić information content (AvgIpc) is 2.18. The Labute approximate surface area is 83.3 Å². The quantitative estimate of drug-likeness (QED) is 0.676. The van der Waals surface area contributed by atoms with E-state index in [1.54, 1.807) is 0 Å². The summed E-state index contributed by atoms with van der Waals surface area (Å²) in [5.41, 5.74) is 4.95. The number of carbonyl (C=O) groups excluding carboxylic acids is 1. The minimum absolute atomic E-state index is 0.417. The van der Waals surface area contributed by atoms with Gasteiger partial charge in [0.1, 0.15) is 0 Å². The van der Waals surface area contributed by atoms with Gasteiger partial charge >= 0.3 is 16.3 Å². The van der Waals surface area contributed by atoms with Crippen LogP contribution in [0.15, 0.2) is 0 Å². The van der Waals surface area contributed by atoms with Crippen LogP contribution in [0.25, 0.3) is 0 Å². The average molecular weight is 222 g/mol. The van der Waals surface area contributed by atoms with Crippen LogP contribution >= 0.6 is 0 Å². The molecule has 1 rings (SSSR count). The molecular weight excluding hydrogens is 208 g/mol. The van der Waals surface area contributed by atoms with Crippen LogP contribution in [0.5, 0.6) is 0 Å². The summed E-state index contributed by atoms with van der Waals surface area (Å²) in [6.45, 7) is 0.410. The highest BCUT2D eigenvalue weighted by molar-refractivity contribution is 7.84. The monoisotopic (exact) mass is 222 g/mol. The van der Waals surface area contributed by atoms with E-state index in [9.17, 15) is 13.2 Å². The lowest BCUT2D eigenvalue weighted by Crippen LogP contribution is -2.38. The molecule has 0 saturated carbocycles. The van der Waals surface area contributed by atoms with Crippen molar-refractivity contribution in [3.8, 4) is 0 Å². The number of piperidine rings is 1. The molecule has 6 nitrogen and oxygen atoms in total. The van der Waals surface area contributed by atoms with Gasteiger partial charge in [0, 0.05) is 13.1 Å². The van der Waals surface area contributed by atoms with Gasteiger partial charge in [0.05, 0.1) is 6.54 Å². The van der Waals surface area contributed by atoms with Gasteiger partial charge in [-0.2, -0.15) is 12.7 Å². The molecule has 0 bridgehead atoms. The molecule has 0 radical (unpaired) electrons. The van der Waals surface area contributed by atoms with Crippen LogP contribution in [-0.2, 0) is 19.3 Å². The Balaban J connectivity index is 2.59. The van der Waals surface area contributed by atoms with Crippen LogP contribution in [0, 0.1) is 0 Å². The van der Waals surface area contributed by atoms with E-state index >= 15 is 0 Å². The maximum absolute atomic E-state index is 11.4. The van der Waals surface area contributed by atoms with Gasteiger partial charge < -0.3 is 9.92 Å². The van der Waals surface area contributed by atoms with Crippen molar-refractivity contribution in [2.24, 2.45) is 5.73 Å². The fourth-order valence-electron chi connectivity index (χ4n) is 1.29. The first-order valence-electron chi connectivity index (χ1n) is 4.49. The lowest BCUT2D eigenvalue weighted by molar-refractivity contribution is -0.132. The summed E-state index contributed by atoms with van der Waals surface area (Å²) < 4.78 is 28.2. The molecule has 0 unspecified atom stereocenters. The number of nitrogens with two attached hydrogens (primary N) is 1. The molecule has 0 aromatic heterocycles. The molecule has 1 saturated heterocycles. The van der Waals surface area contributed by atoms with Gasteiger partial charge in [-0.15, -0.1) is 0 Å². The summed E-state index contributed by atoms with van der Waals surface area (Å²) >= 11 is 0. The molecule has 0 atom stereocenters. The predicted octanol–water partition coefficient (Wildman–Crippen LogP) is -0.781. The Kier molecular flexibility index (Phi) is 3.85. The molecule has 7 heteroatoms. The van der Waals surface area contributed by atoms with Gasteiger partial charge in [0.15, 0.2) is 0 Å². The van der Waals surface area contributed by atoms with Crippen LogP contribution in [0.3, 0.4) is 0 Å². The first-order valence-corrected chi connectivity index (χ1v) is 5.85. The highest BCUT2D eigenvalue weighted by Gasteiger charge is 2.27. The standard InChI is InChI=1S/C7H14N2O4S/c8-6-7(10)13-14(11,12)9-4-2-1-3-5-9/h1-6,8H2. The molecule has 0 aliphatic carbocycles. The third-order valence-corrected chi connectivity index (χ3v) is 3.39. The van der Waals surface area contributed by atoms with E-state index in [0.717, 1.165) is 19.3 Å². The van der Waals surface area contributed by atoms with Gasteiger partial charge in [0.25, 0.3) is 0 Å². The smallest absolute Gasteiger partial charge is 0.333 e. The normalized spacial score (nSPS) is 19.2. The summed E-state index contributed by atoms with van der Waals surface area (Å²) in [5.74, 6) is -0.921. The topological polar surface area (TPSA) is 89.7 Å². The number of rotatable bonds is 3. The summed E-state index contributed by atoms with van der Waals surface area (Å²) in [7, 11) is -3.89. The minimum atomic E-state index is -3.89. The van der Waals surface area contributed by atoms with E-state index in [2.05, 4.69) is 4.18 Å². The highest BCUT2D eigenvalue weighted by Crippen LogP contribution is 2.13. The van der Waals surface area contributed by atoms with Crippen molar-refractivity contribution in [3.05, 3.63) is 0 Å². The third-order valence-electron chi connectivity index (χ3n) is 2.00. The molecule has 1 fully saturated rings. The van der Waals surface area contributed by atoms with Gasteiger partial charge in [0.2, 0.25) is 0 Å². The molecule has 0 amide bonds. The molecule has 14 heavy (non-hydrogen) atoms. The van der Waals surface area contributed by atoms with E-state index < -0.39 is 22.8 Å². The van der Waals surface area contributed by atoms with E-state index in [1.807, 2.05) is 0 Å². The Morgan fingerprint density at radius 2 is 1.86 bits per heavy atom. The molecule has 1 aliphatic heterocycles. The molecule has 82 valence electrons. The van der Waals surface area contributed by atoms with E-state index in [-0.39, 0.29) is 0 Å². The van der Waals surface area contributed by atoms with Crippen molar-refractivity contribution in [1.82, 2.24) is 4.31 Å². The minimum Gasteiger partial charge on any atom is -0.333 e. The maximum atomic E-state index is 11.4. The molecule has 1 aliphatic rings. The fraction of sp³-hybridized carbons (Fsp3) is 0.857. The second-order valence-electron chi connectivity index (χ2n) is 3.08. The van der Waals surface area contributed by atoms with Gasteiger partial charge in [-0.3, -0.25) is 0 Å². The number of carbonyl (C=O) groups is 1. The predicted molar refractivity (Wildman–Crippen MR) is 49.5 cm³/mol. The van der Waals surface area contributed by atoms with Crippen LogP contribution in [0.1, 0.15) is 19.3 Å². The Hall–Kier alpha value is -0.660. The second kappa shape index (κ2) is 4.72. The Bertz CT molecular complexity index is 295. The molecule has 2 N–H and O–H groups in total. The molecule has 0 spiro atoms. The van der Waals surface area contributed by atoms with Gasteiger partial charge in [-0.1, -0.05) is 6.42 Å². The lowest BCUT2D eigenvalue weighted by Gasteiger charge is -2.24. The largest absolute Gasteiger partial charge is 0.387 e. The van der Waals surface area contributed by atoms with Crippen molar-refractivity contribution in [2.45, 2.75) is 19.3 Å². The summed E-state index contributed by atoms with van der Waals surface area (Å²) in [5, 5.41) is 0. The highest BCUT2D eigenvalue weighted by atomic mass is 32.2. The van der Waals surface area contributed by atoms with Crippen molar-refractivity contribution >= 4 is 16.3 Å². The SMILES string of the molecule is NCC(=O)OS(=O)(=O)N1CCCCC1. The van der Waals surface area contributed by atoms with Crippen molar-refractivity contribution in [1.29, 1.82) is 0 Å². The molecular formula is C7H14N2O4S. The van der Waals surface area contributed by atoms with E-state index in [1.165, 1.54) is 4.31 Å². The summed E-state index contributed by atoms with van der Waals surface area (Å²) in [6.07, 6.45) is 2.62. The van der Waals surface area contributed by atoms with Crippen molar-refractivity contribution < 1.29 is 17.4 Å². The van der Waals surface area contributed by atoms with Crippen molar-refractivity contribution in [2.75, 3.05) is 19.6 Å². The molecule has 1 heterocycles. The first-order chi connectivity index (χ1) is 6.56. The van der Waals surface area contributed by atoms with E-state index in [4.69, 9.17) is 5.73 Å². The number of hydrogen-bond donors (Lipinski definition) is 1. The van der Waals surface area contributed by atoms with Crippen LogP contribution < -0.4 is 5.73 Å². The van der Waals surface area contributed by atoms with Gasteiger partial charge in [-0.05, 0) is 12.8 Å². The summed E-state index contributed by atoms with van der Waals surface area (Å²) in [6, 6.07) is 0. The molecule has 0 aromatic carbocycles. The van der Waals surface area contributed by atoms with Gasteiger partial charge in [-0.25, -0.2) is 4.79 Å². The fourth-order valence-corrected chi connectivity index (χ4v) is 2.41. The third kappa shape index (κ3) is 2.93.